The van der Waals surface area contributed by atoms with Gasteiger partial charge >= 0.3 is 0 Å². The van der Waals surface area contributed by atoms with Gasteiger partial charge < -0.3 is 15.3 Å². The topological polar surface area (TPSA) is 63.9 Å². The number of piperidine rings is 1. The highest BCUT2D eigenvalue weighted by Crippen LogP contribution is 2.20. The highest BCUT2D eigenvalue weighted by Gasteiger charge is 2.38. The maximum Gasteiger partial charge on any atom is 0.127 e. The molecule has 20 heavy (non-hydrogen) atoms. The van der Waals surface area contributed by atoms with Crippen LogP contribution in [0.2, 0.25) is 5.02 Å². The molecule has 4 nitrogen and oxygen atoms in total. The number of benzene rings is 1. The molecule has 1 aromatic rings. The number of hydrogen-bond donors (Lipinski definition) is 3. The van der Waals surface area contributed by atoms with Gasteiger partial charge in [-0.25, -0.2) is 4.39 Å². The van der Waals surface area contributed by atoms with E-state index in [1.165, 1.54) is 6.07 Å². The third-order valence-corrected chi connectivity index (χ3v) is 4.15. The molecular weight excluding hydrogens is 285 g/mol. The molecule has 0 spiro atoms. The number of halogens is 2. The Hall–Kier alpha value is -0.720. The van der Waals surface area contributed by atoms with E-state index in [0.717, 1.165) is 0 Å². The van der Waals surface area contributed by atoms with Crippen LogP contribution in [0.3, 0.4) is 0 Å². The molecule has 0 radical (unpaired) electrons. The maximum atomic E-state index is 13.7. The van der Waals surface area contributed by atoms with Crippen molar-refractivity contribution in [1.29, 1.82) is 0 Å². The summed E-state index contributed by atoms with van der Waals surface area (Å²) in [6.07, 6.45) is -2.68. The van der Waals surface area contributed by atoms with E-state index in [1.54, 1.807) is 19.1 Å². The monoisotopic (exact) mass is 303 g/mol. The molecule has 0 saturated carbocycles. The molecule has 0 bridgehead atoms. The molecule has 4 atom stereocenters. The summed E-state index contributed by atoms with van der Waals surface area (Å²) in [4.78, 5) is 1.84. The van der Waals surface area contributed by atoms with Gasteiger partial charge in [0.25, 0.3) is 0 Å². The highest BCUT2D eigenvalue weighted by atomic mass is 35.5. The van der Waals surface area contributed by atoms with Crippen LogP contribution in [0.1, 0.15) is 12.5 Å². The van der Waals surface area contributed by atoms with E-state index in [-0.39, 0.29) is 18.4 Å². The first-order valence-electron chi connectivity index (χ1n) is 6.62. The Morgan fingerprint density at radius 3 is 2.65 bits per heavy atom. The lowest BCUT2D eigenvalue weighted by Crippen LogP contribution is -2.60. The maximum absolute atomic E-state index is 13.7. The Morgan fingerprint density at radius 2 is 2.00 bits per heavy atom. The molecule has 3 N–H and O–H groups in total. The summed E-state index contributed by atoms with van der Waals surface area (Å²) in [6.45, 7) is 2.52. The second kappa shape index (κ2) is 6.37. The second-order valence-electron chi connectivity index (χ2n) is 5.27. The number of aliphatic hydroxyl groups excluding tert-OH is 3. The van der Waals surface area contributed by atoms with Gasteiger partial charge in [-0.15, -0.1) is 0 Å². The van der Waals surface area contributed by atoms with Crippen molar-refractivity contribution in [2.75, 3.05) is 13.1 Å². The molecule has 2 rings (SSSR count). The SMILES string of the molecule is C[C@@H]1[C@@H](O)[C@H](O)[C@@H](O)CN1CCc1ccc(Cl)cc1F. The molecule has 112 valence electrons. The third kappa shape index (κ3) is 3.30. The van der Waals surface area contributed by atoms with Crippen LogP contribution in [0.4, 0.5) is 4.39 Å². The average molecular weight is 304 g/mol. The molecule has 1 heterocycles. The van der Waals surface area contributed by atoms with E-state index in [1.807, 2.05) is 4.90 Å². The molecule has 0 aromatic heterocycles. The van der Waals surface area contributed by atoms with E-state index in [9.17, 15) is 19.7 Å². The fourth-order valence-electron chi connectivity index (χ4n) is 2.53. The van der Waals surface area contributed by atoms with E-state index in [2.05, 4.69) is 0 Å². The van der Waals surface area contributed by atoms with E-state index in [4.69, 9.17) is 11.6 Å². The number of nitrogens with zero attached hydrogens (tertiary/aromatic N) is 1. The molecule has 0 amide bonds. The number of β-amino-alcohol motifs (C(OH)–C–C–N with tert-alkyl or cyclic N) is 1. The van der Waals surface area contributed by atoms with Crippen LogP contribution in [0.5, 0.6) is 0 Å². The zero-order chi connectivity index (χ0) is 14.9. The molecule has 1 aliphatic heterocycles. The summed E-state index contributed by atoms with van der Waals surface area (Å²) in [7, 11) is 0. The van der Waals surface area contributed by atoms with Crippen LogP contribution < -0.4 is 0 Å². The Labute approximate surface area is 122 Å². The second-order valence-corrected chi connectivity index (χ2v) is 5.71. The van der Waals surface area contributed by atoms with E-state index < -0.39 is 18.3 Å². The lowest BCUT2D eigenvalue weighted by atomic mass is 9.94. The highest BCUT2D eigenvalue weighted by molar-refractivity contribution is 6.30. The first-order valence-corrected chi connectivity index (χ1v) is 7.00. The van der Waals surface area contributed by atoms with Crippen LogP contribution in [-0.4, -0.2) is 57.7 Å². The van der Waals surface area contributed by atoms with Crippen LogP contribution in [0, 0.1) is 5.82 Å². The summed E-state index contributed by atoms with van der Waals surface area (Å²) in [5.41, 5.74) is 0.539. The van der Waals surface area contributed by atoms with Gasteiger partial charge in [-0.2, -0.15) is 0 Å². The molecule has 6 heteroatoms. The van der Waals surface area contributed by atoms with Crippen LogP contribution in [0.15, 0.2) is 18.2 Å². The molecule has 0 aliphatic carbocycles. The van der Waals surface area contributed by atoms with Crippen LogP contribution in [0.25, 0.3) is 0 Å². The van der Waals surface area contributed by atoms with Gasteiger partial charge in [0.1, 0.15) is 11.9 Å². The molecule has 1 aromatic carbocycles. The van der Waals surface area contributed by atoms with E-state index >= 15 is 0 Å². The van der Waals surface area contributed by atoms with Gasteiger partial charge in [-0.05, 0) is 31.0 Å². The number of hydrogen-bond acceptors (Lipinski definition) is 4. The first-order chi connectivity index (χ1) is 9.40. The van der Waals surface area contributed by atoms with E-state index in [0.29, 0.717) is 23.6 Å². The summed E-state index contributed by atoms with van der Waals surface area (Å²) in [6, 6.07) is 4.24. The van der Waals surface area contributed by atoms with Crippen molar-refractivity contribution in [2.45, 2.75) is 37.7 Å². The molecule has 1 fully saturated rings. The lowest BCUT2D eigenvalue weighted by molar-refractivity contribution is -0.132. The predicted molar refractivity (Wildman–Crippen MR) is 74.2 cm³/mol. The zero-order valence-corrected chi connectivity index (χ0v) is 12.0. The van der Waals surface area contributed by atoms with Gasteiger partial charge in [-0.3, -0.25) is 4.90 Å². The standard InChI is InChI=1S/C14H19ClFNO3/c1-8-13(19)14(20)12(18)7-17(8)5-4-9-2-3-10(15)6-11(9)16/h2-3,6,8,12-14,18-20H,4-5,7H2,1H3/t8-,12+,13-,14-/m1/s1. The predicted octanol–water partition coefficient (Wildman–Crippen LogP) is 0.808. The van der Waals surface area contributed by atoms with Crippen molar-refractivity contribution in [2.24, 2.45) is 0 Å². The lowest BCUT2D eigenvalue weighted by Gasteiger charge is -2.42. The normalized spacial score (nSPS) is 31.5. The number of rotatable bonds is 3. The molecular formula is C14H19ClFNO3. The van der Waals surface area contributed by atoms with Crippen molar-refractivity contribution in [3.8, 4) is 0 Å². The van der Waals surface area contributed by atoms with Gasteiger partial charge in [0.05, 0.1) is 12.2 Å². The van der Waals surface area contributed by atoms with Gasteiger partial charge in [0.2, 0.25) is 0 Å². The van der Waals surface area contributed by atoms with Crippen molar-refractivity contribution in [3.63, 3.8) is 0 Å². The summed E-state index contributed by atoms with van der Waals surface area (Å²) in [5, 5.41) is 29.5. The largest absolute Gasteiger partial charge is 0.389 e. The Kier molecular flexibility index (Phi) is 4.99. The van der Waals surface area contributed by atoms with Crippen LogP contribution in [-0.2, 0) is 6.42 Å². The summed E-state index contributed by atoms with van der Waals surface area (Å²) >= 11 is 5.70. The fourth-order valence-corrected chi connectivity index (χ4v) is 2.69. The Morgan fingerprint density at radius 1 is 1.30 bits per heavy atom. The minimum Gasteiger partial charge on any atom is -0.389 e. The molecule has 0 unspecified atom stereocenters. The third-order valence-electron chi connectivity index (χ3n) is 3.92. The minimum atomic E-state index is -1.13. The van der Waals surface area contributed by atoms with Gasteiger partial charge in [-0.1, -0.05) is 17.7 Å². The number of aliphatic hydroxyl groups is 3. The van der Waals surface area contributed by atoms with Crippen molar-refractivity contribution >= 4 is 11.6 Å². The summed E-state index contributed by atoms with van der Waals surface area (Å²) < 4.78 is 13.7. The summed E-state index contributed by atoms with van der Waals surface area (Å²) in [5.74, 6) is -0.358. The van der Waals surface area contributed by atoms with Crippen LogP contribution >= 0.6 is 11.6 Å². The average Bonchev–Trinajstić information content (AvgIpc) is 2.40. The van der Waals surface area contributed by atoms with Gasteiger partial charge in [0, 0.05) is 24.2 Å². The Bertz CT molecular complexity index is 474. The quantitative estimate of drug-likeness (QED) is 0.773. The van der Waals surface area contributed by atoms with Crippen molar-refractivity contribution < 1.29 is 19.7 Å². The minimum absolute atomic E-state index is 0.259. The zero-order valence-electron chi connectivity index (χ0n) is 11.2. The van der Waals surface area contributed by atoms with Gasteiger partial charge in [0.15, 0.2) is 0 Å². The molecule has 1 saturated heterocycles. The molecule has 1 aliphatic rings. The Balaban J connectivity index is 1.99. The fraction of sp³-hybridized carbons (Fsp3) is 0.571. The smallest absolute Gasteiger partial charge is 0.127 e. The van der Waals surface area contributed by atoms with Crippen molar-refractivity contribution in [3.05, 3.63) is 34.6 Å². The number of likely N-dealkylation sites (tertiary alicyclic amines) is 1. The first kappa shape index (κ1) is 15.7. The van der Waals surface area contributed by atoms with Crippen molar-refractivity contribution in [1.82, 2.24) is 4.90 Å².